The van der Waals surface area contributed by atoms with Crippen LogP contribution < -0.4 is 19.7 Å². The first-order valence-electron chi connectivity index (χ1n) is 10.1. The number of benzene rings is 2. The maximum atomic E-state index is 12.2. The molecule has 2 aromatic carbocycles. The average molecular weight is 438 g/mol. The molecule has 0 bridgehead atoms. The number of aryl methyl sites for hydroxylation is 1. The zero-order valence-electron chi connectivity index (χ0n) is 17.4. The van der Waals surface area contributed by atoms with E-state index in [1.54, 1.807) is 4.90 Å². The van der Waals surface area contributed by atoms with E-state index in [-0.39, 0.29) is 25.0 Å². The van der Waals surface area contributed by atoms with Gasteiger partial charge in [-0.2, -0.15) is 0 Å². The van der Waals surface area contributed by atoms with Crippen LogP contribution in [0.1, 0.15) is 18.9 Å². The molecule has 0 radical (unpaired) electrons. The number of aromatic nitrogens is 1. The van der Waals surface area contributed by atoms with Crippen LogP contribution in [0.5, 0.6) is 11.5 Å². The highest BCUT2D eigenvalue weighted by atomic mass is 32.1. The van der Waals surface area contributed by atoms with E-state index < -0.39 is 0 Å². The van der Waals surface area contributed by atoms with Gasteiger partial charge in [0.1, 0.15) is 11.5 Å². The lowest BCUT2D eigenvalue weighted by molar-refractivity contribution is -0.121. The Morgan fingerprint density at radius 3 is 2.84 bits per heavy atom. The van der Waals surface area contributed by atoms with Crippen LogP contribution in [-0.4, -0.2) is 36.6 Å². The number of fused-ring (bicyclic) bond motifs is 1. The van der Waals surface area contributed by atoms with Gasteiger partial charge in [0.15, 0.2) is 18.3 Å². The smallest absolute Gasteiger partial charge is 0.265 e. The summed E-state index contributed by atoms with van der Waals surface area (Å²) < 4.78 is 11.1. The van der Waals surface area contributed by atoms with Crippen LogP contribution in [0.3, 0.4) is 0 Å². The molecular formula is C23H23N3O4S. The van der Waals surface area contributed by atoms with Crippen molar-refractivity contribution in [2.45, 2.75) is 20.3 Å². The molecule has 1 N–H and O–H groups in total. The van der Waals surface area contributed by atoms with Crippen molar-refractivity contribution in [2.24, 2.45) is 0 Å². The average Bonchev–Trinajstić information content (AvgIpc) is 3.23. The third-order valence-corrected chi connectivity index (χ3v) is 5.54. The second-order valence-corrected chi connectivity index (χ2v) is 8.06. The summed E-state index contributed by atoms with van der Waals surface area (Å²) >= 11 is 1.33. The standard InChI is InChI=1S/C23H23N3O4S/c1-3-10-26-19-11-16(6-9-20(19)30-13-22(26)28)18-14-31-23(24-18)25-21(27)12-29-17-7-4-15(2)5-8-17/h4-9,11,14H,3,10,12-13H2,1-2H3,(H,24,25,27). The summed E-state index contributed by atoms with van der Waals surface area (Å²) in [7, 11) is 0. The molecular weight excluding hydrogens is 414 g/mol. The Bertz CT molecular complexity index is 1090. The van der Waals surface area contributed by atoms with Crippen molar-refractivity contribution < 1.29 is 19.1 Å². The SMILES string of the molecule is CCCN1C(=O)COc2ccc(-c3csc(NC(=O)COc4ccc(C)cc4)n3)cc21. The van der Waals surface area contributed by atoms with Crippen molar-refractivity contribution in [3.8, 4) is 22.8 Å². The number of rotatable bonds is 7. The molecule has 0 spiro atoms. The van der Waals surface area contributed by atoms with E-state index in [2.05, 4.69) is 10.3 Å². The molecule has 8 heteroatoms. The van der Waals surface area contributed by atoms with Gasteiger partial charge in [0.2, 0.25) is 0 Å². The van der Waals surface area contributed by atoms with E-state index in [0.717, 1.165) is 28.9 Å². The van der Waals surface area contributed by atoms with Gasteiger partial charge in [0.25, 0.3) is 11.8 Å². The lowest BCUT2D eigenvalue weighted by atomic mass is 10.1. The summed E-state index contributed by atoms with van der Waals surface area (Å²) in [6.45, 7) is 4.62. The Labute approximate surface area is 184 Å². The molecule has 0 fully saturated rings. The predicted molar refractivity (Wildman–Crippen MR) is 121 cm³/mol. The number of anilines is 2. The number of carbonyl (C=O) groups excluding carboxylic acids is 2. The number of hydrogen-bond acceptors (Lipinski definition) is 6. The van der Waals surface area contributed by atoms with Gasteiger partial charge in [0.05, 0.1) is 11.4 Å². The van der Waals surface area contributed by atoms with Crippen molar-refractivity contribution in [1.29, 1.82) is 0 Å². The van der Waals surface area contributed by atoms with Crippen molar-refractivity contribution in [1.82, 2.24) is 4.98 Å². The van der Waals surface area contributed by atoms with Crippen LogP contribution in [0.2, 0.25) is 0 Å². The van der Waals surface area contributed by atoms with E-state index in [9.17, 15) is 9.59 Å². The normalized spacial score (nSPS) is 12.8. The zero-order chi connectivity index (χ0) is 21.8. The van der Waals surface area contributed by atoms with Crippen LogP contribution in [0.15, 0.2) is 47.8 Å². The van der Waals surface area contributed by atoms with E-state index >= 15 is 0 Å². The van der Waals surface area contributed by atoms with E-state index in [1.807, 2.05) is 61.7 Å². The van der Waals surface area contributed by atoms with Crippen molar-refractivity contribution in [2.75, 3.05) is 30.0 Å². The molecule has 160 valence electrons. The van der Waals surface area contributed by atoms with Crippen LogP contribution in [0, 0.1) is 6.92 Å². The zero-order valence-corrected chi connectivity index (χ0v) is 18.2. The topological polar surface area (TPSA) is 80.8 Å². The lowest BCUT2D eigenvalue weighted by Gasteiger charge is -2.29. The second-order valence-electron chi connectivity index (χ2n) is 7.20. The molecule has 7 nitrogen and oxygen atoms in total. The number of nitrogens with one attached hydrogen (secondary N) is 1. The predicted octanol–water partition coefficient (Wildman–Crippen LogP) is 4.27. The minimum Gasteiger partial charge on any atom is -0.484 e. The minimum absolute atomic E-state index is 0.0497. The summed E-state index contributed by atoms with van der Waals surface area (Å²) in [5, 5.41) is 5.12. The molecule has 4 rings (SSSR count). The van der Waals surface area contributed by atoms with Gasteiger partial charge < -0.3 is 14.4 Å². The molecule has 31 heavy (non-hydrogen) atoms. The largest absolute Gasteiger partial charge is 0.484 e. The fourth-order valence-corrected chi connectivity index (χ4v) is 3.97. The Morgan fingerprint density at radius 2 is 2.06 bits per heavy atom. The number of carbonyl (C=O) groups is 2. The molecule has 1 aromatic heterocycles. The minimum atomic E-state index is -0.278. The van der Waals surface area contributed by atoms with Crippen LogP contribution in [-0.2, 0) is 9.59 Å². The van der Waals surface area contributed by atoms with Gasteiger partial charge in [-0.1, -0.05) is 24.6 Å². The highest BCUT2D eigenvalue weighted by Crippen LogP contribution is 2.36. The molecule has 2 amide bonds. The monoisotopic (exact) mass is 437 g/mol. The lowest BCUT2D eigenvalue weighted by Crippen LogP contribution is -2.39. The Balaban J connectivity index is 1.43. The number of hydrogen-bond donors (Lipinski definition) is 1. The first-order chi connectivity index (χ1) is 15.0. The third kappa shape index (κ3) is 4.86. The van der Waals surface area contributed by atoms with Gasteiger partial charge in [0, 0.05) is 17.5 Å². The number of nitrogens with zero attached hydrogens (tertiary/aromatic N) is 2. The van der Waals surface area contributed by atoms with Gasteiger partial charge in [-0.15, -0.1) is 11.3 Å². The Morgan fingerprint density at radius 1 is 1.26 bits per heavy atom. The maximum Gasteiger partial charge on any atom is 0.265 e. The first-order valence-corrected chi connectivity index (χ1v) is 10.9. The molecule has 1 aliphatic heterocycles. The van der Waals surface area contributed by atoms with Crippen molar-refractivity contribution in [3.63, 3.8) is 0 Å². The van der Waals surface area contributed by atoms with Gasteiger partial charge in [-0.25, -0.2) is 4.98 Å². The highest BCUT2D eigenvalue weighted by molar-refractivity contribution is 7.14. The fourth-order valence-electron chi connectivity index (χ4n) is 3.23. The molecule has 3 aromatic rings. The van der Waals surface area contributed by atoms with E-state index in [4.69, 9.17) is 9.47 Å². The summed E-state index contributed by atoms with van der Waals surface area (Å²) in [5.41, 5.74) is 3.45. The second kappa shape index (κ2) is 9.18. The van der Waals surface area contributed by atoms with Crippen molar-refractivity contribution >= 4 is 34.0 Å². The number of amides is 2. The van der Waals surface area contributed by atoms with Crippen molar-refractivity contribution in [3.05, 3.63) is 53.4 Å². The highest BCUT2D eigenvalue weighted by Gasteiger charge is 2.25. The fraction of sp³-hybridized carbons (Fsp3) is 0.261. The summed E-state index contributed by atoms with van der Waals surface area (Å²) in [5.74, 6) is 1.00. The summed E-state index contributed by atoms with van der Waals surface area (Å²) in [6.07, 6.45) is 0.854. The summed E-state index contributed by atoms with van der Waals surface area (Å²) in [4.78, 5) is 30.7. The van der Waals surface area contributed by atoms with Crippen LogP contribution >= 0.6 is 11.3 Å². The maximum absolute atomic E-state index is 12.2. The number of thiazole rings is 1. The number of ether oxygens (including phenoxy) is 2. The summed E-state index contributed by atoms with van der Waals surface area (Å²) in [6, 6.07) is 13.2. The quantitative estimate of drug-likeness (QED) is 0.597. The van der Waals surface area contributed by atoms with E-state index in [1.165, 1.54) is 11.3 Å². The Hall–Kier alpha value is -3.39. The molecule has 0 atom stereocenters. The third-order valence-electron chi connectivity index (χ3n) is 4.79. The van der Waals surface area contributed by atoms with Crippen LogP contribution in [0.4, 0.5) is 10.8 Å². The van der Waals surface area contributed by atoms with E-state index in [0.29, 0.717) is 23.2 Å². The Kier molecular flexibility index (Phi) is 6.18. The van der Waals surface area contributed by atoms with Gasteiger partial charge in [-0.3, -0.25) is 14.9 Å². The van der Waals surface area contributed by atoms with Crippen LogP contribution in [0.25, 0.3) is 11.3 Å². The molecule has 0 aliphatic carbocycles. The van der Waals surface area contributed by atoms with Gasteiger partial charge >= 0.3 is 0 Å². The molecule has 0 saturated carbocycles. The molecule has 2 heterocycles. The first kappa shape index (κ1) is 20.9. The molecule has 1 aliphatic rings. The molecule has 0 unspecified atom stereocenters. The molecule has 0 saturated heterocycles. The van der Waals surface area contributed by atoms with Gasteiger partial charge in [-0.05, 0) is 43.7 Å².